The summed E-state index contributed by atoms with van der Waals surface area (Å²) in [5.74, 6) is 0.641. The monoisotopic (exact) mass is 245 g/mol. The second-order valence-electron chi connectivity index (χ2n) is 3.59. The topological polar surface area (TPSA) is 91.3 Å². The zero-order chi connectivity index (χ0) is 13.1. The molecule has 18 heavy (non-hydrogen) atoms. The van der Waals surface area contributed by atoms with Gasteiger partial charge in [-0.3, -0.25) is 10.1 Å². The third kappa shape index (κ3) is 2.22. The van der Waals surface area contributed by atoms with Crippen LogP contribution in [-0.2, 0) is 0 Å². The number of methoxy groups -OCH3 is 1. The Hall–Kier alpha value is -2.63. The fourth-order valence-electron chi connectivity index (χ4n) is 1.54. The molecule has 2 aromatic rings. The maximum absolute atomic E-state index is 10.6. The van der Waals surface area contributed by atoms with Crippen LogP contribution in [0.1, 0.15) is 0 Å². The Morgan fingerprint density at radius 2 is 1.89 bits per heavy atom. The minimum Gasteiger partial charge on any atom is -0.497 e. The van der Waals surface area contributed by atoms with Gasteiger partial charge in [-0.15, -0.1) is 0 Å². The van der Waals surface area contributed by atoms with Gasteiger partial charge >= 0.3 is 5.69 Å². The molecule has 6 nitrogen and oxygen atoms in total. The van der Waals surface area contributed by atoms with Crippen molar-refractivity contribution in [2.45, 2.75) is 0 Å². The van der Waals surface area contributed by atoms with E-state index in [1.165, 1.54) is 6.07 Å². The van der Waals surface area contributed by atoms with Crippen molar-refractivity contribution in [1.82, 2.24) is 4.98 Å². The summed E-state index contributed by atoms with van der Waals surface area (Å²) < 4.78 is 5.04. The predicted octanol–water partition coefficient (Wildman–Crippen LogP) is 2.25. The van der Waals surface area contributed by atoms with Gasteiger partial charge in [0.1, 0.15) is 5.75 Å². The van der Waals surface area contributed by atoms with Gasteiger partial charge in [0.2, 0.25) is 5.82 Å². The average Bonchev–Trinajstić information content (AvgIpc) is 2.38. The van der Waals surface area contributed by atoms with Crippen molar-refractivity contribution < 1.29 is 9.66 Å². The number of hydrogen-bond donors (Lipinski definition) is 1. The Morgan fingerprint density at radius 3 is 2.39 bits per heavy atom. The van der Waals surface area contributed by atoms with Crippen molar-refractivity contribution in [3.05, 3.63) is 46.5 Å². The number of nitrogens with two attached hydrogens (primary N) is 1. The lowest BCUT2D eigenvalue weighted by atomic mass is 10.1. The van der Waals surface area contributed by atoms with Crippen LogP contribution in [0.2, 0.25) is 0 Å². The molecule has 1 aromatic heterocycles. The van der Waals surface area contributed by atoms with Crippen LogP contribution in [0.15, 0.2) is 36.4 Å². The van der Waals surface area contributed by atoms with Crippen LogP contribution in [0.3, 0.4) is 0 Å². The first-order chi connectivity index (χ1) is 8.61. The third-order valence-corrected chi connectivity index (χ3v) is 2.48. The summed E-state index contributed by atoms with van der Waals surface area (Å²) in [6, 6.07) is 10.1. The van der Waals surface area contributed by atoms with E-state index in [4.69, 9.17) is 10.5 Å². The summed E-state index contributed by atoms with van der Waals surface area (Å²) in [7, 11) is 1.58. The molecule has 0 spiro atoms. The van der Waals surface area contributed by atoms with E-state index in [1.54, 1.807) is 25.3 Å². The normalized spacial score (nSPS) is 10.1. The van der Waals surface area contributed by atoms with E-state index < -0.39 is 4.92 Å². The van der Waals surface area contributed by atoms with Crippen LogP contribution in [0, 0.1) is 10.1 Å². The van der Waals surface area contributed by atoms with Gasteiger partial charge in [0.25, 0.3) is 0 Å². The van der Waals surface area contributed by atoms with Gasteiger partial charge in [-0.2, -0.15) is 0 Å². The number of ether oxygens (including phenoxy) is 1. The van der Waals surface area contributed by atoms with E-state index >= 15 is 0 Å². The number of benzene rings is 1. The maximum Gasteiger partial charge on any atom is 0.311 e. The molecular formula is C12H11N3O3. The zero-order valence-corrected chi connectivity index (χ0v) is 9.66. The van der Waals surface area contributed by atoms with E-state index in [9.17, 15) is 10.1 Å². The van der Waals surface area contributed by atoms with E-state index in [0.717, 1.165) is 11.3 Å². The summed E-state index contributed by atoms with van der Waals surface area (Å²) in [5, 5.41) is 10.6. The summed E-state index contributed by atoms with van der Waals surface area (Å²) in [6.07, 6.45) is 0. The molecule has 2 N–H and O–H groups in total. The number of rotatable bonds is 3. The molecule has 0 amide bonds. The molecule has 0 saturated heterocycles. The van der Waals surface area contributed by atoms with Gasteiger partial charge in [-0.1, -0.05) is 0 Å². The Morgan fingerprint density at radius 1 is 1.22 bits per heavy atom. The number of pyridine rings is 1. The van der Waals surface area contributed by atoms with E-state index in [0.29, 0.717) is 5.69 Å². The molecule has 0 radical (unpaired) electrons. The molecule has 0 bridgehead atoms. The lowest BCUT2D eigenvalue weighted by Gasteiger charge is -2.04. The predicted molar refractivity (Wildman–Crippen MR) is 67.3 cm³/mol. The Bertz CT molecular complexity index is 582. The van der Waals surface area contributed by atoms with Gasteiger partial charge in [0.15, 0.2) is 0 Å². The highest BCUT2D eigenvalue weighted by molar-refractivity contribution is 5.65. The number of anilines is 1. The fourth-order valence-corrected chi connectivity index (χ4v) is 1.54. The Kier molecular flexibility index (Phi) is 3.09. The van der Waals surface area contributed by atoms with Crippen molar-refractivity contribution >= 4 is 11.5 Å². The van der Waals surface area contributed by atoms with E-state index in [1.807, 2.05) is 12.1 Å². The lowest BCUT2D eigenvalue weighted by Crippen LogP contribution is -1.99. The highest BCUT2D eigenvalue weighted by Crippen LogP contribution is 2.25. The van der Waals surface area contributed by atoms with Crippen molar-refractivity contribution in [2.75, 3.05) is 12.8 Å². The SMILES string of the molecule is COc1ccc(-c2ccc([N+](=O)[O-])c(N)n2)cc1. The first-order valence-corrected chi connectivity index (χ1v) is 5.17. The lowest BCUT2D eigenvalue weighted by molar-refractivity contribution is -0.384. The number of aromatic nitrogens is 1. The largest absolute Gasteiger partial charge is 0.497 e. The van der Waals surface area contributed by atoms with Crippen LogP contribution in [-0.4, -0.2) is 17.0 Å². The molecule has 0 aliphatic carbocycles. The molecule has 1 aromatic carbocycles. The summed E-state index contributed by atoms with van der Waals surface area (Å²) >= 11 is 0. The molecule has 0 atom stereocenters. The Labute approximate surface area is 103 Å². The maximum atomic E-state index is 10.6. The minimum atomic E-state index is -0.555. The van der Waals surface area contributed by atoms with Crippen LogP contribution < -0.4 is 10.5 Å². The van der Waals surface area contributed by atoms with Crippen LogP contribution in [0.4, 0.5) is 11.5 Å². The summed E-state index contributed by atoms with van der Waals surface area (Å²) in [4.78, 5) is 14.1. The standard InChI is InChI=1S/C12H11N3O3/c1-18-9-4-2-8(3-5-9)10-6-7-11(15(16)17)12(13)14-10/h2-7H,1H3,(H2,13,14). The summed E-state index contributed by atoms with van der Waals surface area (Å²) in [5.41, 5.74) is 6.75. The van der Waals surface area contributed by atoms with E-state index in [-0.39, 0.29) is 11.5 Å². The minimum absolute atomic E-state index is 0.0895. The van der Waals surface area contributed by atoms with Crippen LogP contribution >= 0.6 is 0 Å². The Balaban J connectivity index is 2.39. The molecule has 0 aliphatic rings. The van der Waals surface area contributed by atoms with Gasteiger partial charge in [-0.05, 0) is 30.3 Å². The first kappa shape index (κ1) is 11.8. The van der Waals surface area contributed by atoms with Crippen LogP contribution in [0.25, 0.3) is 11.3 Å². The molecule has 2 rings (SSSR count). The van der Waals surface area contributed by atoms with Crippen molar-refractivity contribution in [3.63, 3.8) is 0 Å². The number of nitrogen functional groups attached to an aromatic ring is 1. The quantitative estimate of drug-likeness (QED) is 0.661. The van der Waals surface area contributed by atoms with Gasteiger partial charge in [0, 0.05) is 11.6 Å². The van der Waals surface area contributed by atoms with Gasteiger partial charge < -0.3 is 10.5 Å². The fraction of sp³-hybridized carbons (Fsp3) is 0.0833. The van der Waals surface area contributed by atoms with Crippen molar-refractivity contribution in [2.24, 2.45) is 0 Å². The van der Waals surface area contributed by atoms with E-state index in [2.05, 4.69) is 4.98 Å². The highest BCUT2D eigenvalue weighted by atomic mass is 16.6. The first-order valence-electron chi connectivity index (χ1n) is 5.17. The molecule has 0 aliphatic heterocycles. The molecule has 0 fully saturated rings. The number of hydrogen-bond acceptors (Lipinski definition) is 5. The molecule has 1 heterocycles. The number of nitrogens with zero attached hydrogens (tertiary/aromatic N) is 2. The van der Waals surface area contributed by atoms with Crippen molar-refractivity contribution in [3.8, 4) is 17.0 Å². The molecule has 0 saturated carbocycles. The van der Waals surface area contributed by atoms with Gasteiger partial charge in [-0.25, -0.2) is 4.98 Å². The smallest absolute Gasteiger partial charge is 0.311 e. The zero-order valence-electron chi connectivity index (χ0n) is 9.66. The number of nitro groups is 1. The van der Waals surface area contributed by atoms with Crippen LogP contribution in [0.5, 0.6) is 5.75 Å². The van der Waals surface area contributed by atoms with Crippen molar-refractivity contribution in [1.29, 1.82) is 0 Å². The second-order valence-corrected chi connectivity index (χ2v) is 3.59. The summed E-state index contributed by atoms with van der Waals surface area (Å²) in [6.45, 7) is 0. The molecule has 0 unspecified atom stereocenters. The van der Waals surface area contributed by atoms with Gasteiger partial charge in [0.05, 0.1) is 17.7 Å². The third-order valence-electron chi connectivity index (χ3n) is 2.48. The molecule has 6 heteroatoms. The average molecular weight is 245 g/mol. The second kappa shape index (κ2) is 4.70. The molecule has 92 valence electrons. The molecular weight excluding hydrogens is 234 g/mol. The highest BCUT2D eigenvalue weighted by Gasteiger charge is 2.13.